The van der Waals surface area contributed by atoms with E-state index in [9.17, 15) is 0 Å². The van der Waals surface area contributed by atoms with E-state index in [1.54, 1.807) is 0 Å². The van der Waals surface area contributed by atoms with Crippen LogP contribution in [0.5, 0.6) is 0 Å². The van der Waals surface area contributed by atoms with Gasteiger partial charge in [-0.1, -0.05) is 43.2 Å². The fourth-order valence-corrected chi connectivity index (χ4v) is 3.93. The van der Waals surface area contributed by atoms with Gasteiger partial charge < -0.3 is 5.73 Å². The van der Waals surface area contributed by atoms with E-state index in [1.165, 1.54) is 44.3 Å². The zero-order valence-corrected chi connectivity index (χ0v) is 13.3. The molecular weight excluding hydrogens is 258 g/mol. The fraction of sp³-hybridized carbons (Fsp3) is 0.667. The highest BCUT2D eigenvalue weighted by Crippen LogP contribution is 2.25. The summed E-state index contributed by atoms with van der Waals surface area (Å²) in [5, 5.41) is 0. The summed E-state index contributed by atoms with van der Waals surface area (Å²) in [5.41, 5.74) is 7.56. The molecule has 1 aromatic carbocycles. The highest BCUT2D eigenvalue weighted by atomic mass is 15.3. The first-order valence-electron chi connectivity index (χ1n) is 8.46. The van der Waals surface area contributed by atoms with Crippen LogP contribution in [0.2, 0.25) is 0 Å². The second-order valence-corrected chi connectivity index (χ2v) is 7.03. The van der Waals surface area contributed by atoms with Crippen LogP contribution in [0.1, 0.15) is 38.2 Å². The number of nitrogens with two attached hydrogens (primary N) is 1. The molecule has 1 unspecified atom stereocenters. The molecule has 116 valence electrons. The van der Waals surface area contributed by atoms with Crippen molar-refractivity contribution in [3.63, 3.8) is 0 Å². The van der Waals surface area contributed by atoms with Crippen molar-refractivity contribution in [3.8, 4) is 0 Å². The van der Waals surface area contributed by atoms with E-state index in [0.717, 1.165) is 25.7 Å². The molecule has 1 heterocycles. The average Bonchev–Trinajstić information content (AvgIpc) is 3.03. The van der Waals surface area contributed by atoms with Crippen LogP contribution in [0.15, 0.2) is 30.3 Å². The minimum absolute atomic E-state index is 0.253. The van der Waals surface area contributed by atoms with Gasteiger partial charge in [-0.05, 0) is 25.3 Å². The molecule has 1 aliphatic heterocycles. The molecule has 21 heavy (non-hydrogen) atoms. The topological polar surface area (TPSA) is 32.5 Å². The number of hydrogen-bond donors (Lipinski definition) is 1. The van der Waals surface area contributed by atoms with Gasteiger partial charge in [-0.25, -0.2) is 0 Å². The molecule has 2 fully saturated rings. The van der Waals surface area contributed by atoms with Crippen molar-refractivity contribution in [2.45, 2.75) is 44.2 Å². The molecule has 1 saturated heterocycles. The van der Waals surface area contributed by atoms with E-state index < -0.39 is 0 Å². The lowest BCUT2D eigenvalue weighted by atomic mass is 9.92. The van der Waals surface area contributed by atoms with Gasteiger partial charge in [0.2, 0.25) is 0 Å². The Morgan fingerprint density at radius 3 is 2.29 bits per heavy atom. The quantitative estimate of drug-likeness (QED) is 0.923. The highest BCUT2D eigenvalue weighted by molar-refractivity contribution is 5.23. The molecule has 0 aromatic heterocycles. The second kappa shape index (κ2) is 6.47. The van der Waals surface area contributed by atoms with Crippen molar-refractivity contribution in [1.29, 1.82) is 0 Å². The Morgan fingerprint density at radius 1 is 1.05 bits per heavy atom. The predicted molar refractivity (Wildman–Crippen MR) is 88.3 cm³/mol. The molecule has 1 aromatic rings. The largest absolute Gasteiger partial charge is 0.321 e. The monoisotopic (exact) mass is 287 g/mol. The predicted octanol–water partition coefficient (Wildman–Crippen LogP) is 2.42. The minimum atomic E-state index is -0.253. The molecule has 0 amide bonds. The SMILES string of the molecule is CC(N)(CN1CCN(C2CCCC2)CC1)c1ccccc1. The first-order chi connectivity index (χ1) is 10.1. The smallest absolute Gasteiger partial charge is 0.0509 e. The van der Waals surface area contributed by atoms with Crippen LogP contribution in [-0.4, -0.2) is 48.6 Å². The summed E-state index contributed by atoms with van der Waals surface area (Å²) in [5.74, 6) is 0. The van der Waals surface area contributed by atoms with Crippen molar-refractivity contribution >= 4 is 0 Å². The third kappa shape index (κ3) is 3.65. The number of benzene rings is 1. The van der Waals surface area contributed by atoms with Gasteiger partial charge in [0.25, 0.3) is 0 Å². The van der Waals surface area contributed by atoms with Crippen LogP contribution in [-0.2, 0) is 5.54 Å². The molecule has 1 aliphatic carbocycles. The Balaban J connectivity index is 1.53. The van der Waals surface area contributed by atoms with Gasteiger partial charge in [0.05, 0.1) is 5.54 Å². The van der Waals surface area contributed by atoms with Crippen LogP contribution >= 0.6 is 0 Å². The molecule has 0 bridgehead atoms. The normalized spacial score (nSPS) is 25.0. The van der Waals surface area contributed by atoms with Crippen molar-refractivity contribution < 1.29 is 0 Å². The molecule has 2 aliphatic rings. The Bertz CT molecular complexity index is 429. The first kappa shape index (κ1) is 15.0. The number of piperazine rings is 1. The lowest BCUT2D eigenvalue weighted by Crippen LogP contribution is -2.54. The van der Waals surface area contributed by atoms with Gasteiger partial charge in [-0.15, -0.1) is 0 Å². The standard InChI is InChI=1S/C18H29N3/c1-18(19,16-7-3-2-4-8-16)15-20-11-13-21(14-12-20)17-9-5-6-10-17/h2-4,7-8,17H,5-6,9-15,19H2,1H3. The minimum Gasteiger partial charge on any atom is -0.321 e. The zero-order chi connectivity index (χ0) is 14.7. The molecule has 1 atom stereocenters. The van der Waals surface area contributed by atoms with E-state index in [-0.39, 0.29) is 5.54 Å². The van der Waals surface area contributed by atoms with Crippen LogP contribution in [0, 0.1) is 0 Å². The Labute approximate surface area is 129 Å². The van der Waals surface area contributed by atoms with Gasteiger partial charge in [0.1, 0.15) is 0 Å². The van der Waals surface area contributed by atoms with Gasteiger partial charge >= 0.3 is 0 Å². The maximum Gasteiger partial charge on any atom is 0.0509 e. The molecule has 3 nitrogen and oxygen atoms in total. The first-order valence-corrected chi connectivity index (χ1v) is 8.46. The molecule has 3 heteroatoms. The summed E-state index contributed by atoms with van der Waals surface area (Å²) in [4.78, 5) is 5.25. The molecule has 1 saturated carbocycles. The summed E-state index contributed by atoms with van der Waals surface area (Å²) in [6, 6.07) is 11.4. The fourth-order valence-electron chi connectivity index (χ4n) is 3.93. The van der Waals surface area contributed by atoms with Crippen molar-refractivity contribution in [2.24, 2.45) is 5.73 Å². The summed E-state index contributed by atoms with van der Waals surface area (Å²) in [6.07, 6.45) is 5.69. The maximum absolute atomic E-state index is 6.57. The Hall–Kier alpha value is -0.900. The van der Waals surface area contributed by atoms with E-state index in [2.05, 4.69) is 47.1 Å². The van der Waals surface area contributed by atoms with Crippen LogP contribution < -0.4 is 5.73 Å². The van der Waals surface area contributed by atoms with Crippen molar-refractivity contribution in [3.05, 3.63) is 35.9 Å². The molecular formula is C18H29N3. The molecule has 0 spiro atoms. The average molecular weight is 287 g/mol. The highest BCUT2D eigenvalue weighted by Gasteiger charge is 2.29. The molecule has 2 N–H and O–H groups in total. The van der Waals surface area contributed by atoms with E-state index >= 15 is 0 Å². The zero-order valence-electron chi connectivity index (χ0n) is 13.3. The third-order valence-electron chi connectivity index (χ3n) is 5.23. The second-order valence-electron chi connectivity index (χ2n) is 7.03. The summed E-state index contributed by atoms with van der Waals surface area (Å²) in [7, 11) is 0. The summed E-state index contributed by atoms with van der Waals surface area (Å²) >= 11 is 0. The van der Waals surface area contributed by atoms with Crippen molar-refractivity contribution in [2.75, 3.05) is 32.7 Å². The van der Waals surface area contributed by atoms with E-state index in [4.69, 9.17) is 5.73 Å². The Kier molecular flexibility index (Phi) is 4.63. The lowest BCUT2D eigenvalue weighted by molar-refractivity contribution is 0.0844. The van der Waals surface area contributed by atoms with Crippen LogP contribution in [0.3, 0.4) is 0 Å². The molecule has 3 rings (SSSR count). The van der Waals surface area contributed by atoms with Gasteiger partial charge in [-0.2, -0.15) is 0 Å². The van der Waals surface area contributed by atoms with E-state index in [1.807, 2.05) is 0 Å². The number of rotatable bonds is 4. The number of hydrogen-bond acceptors (Lipinski definition) is 3. The van der Waals surface area contributed by atoms with Gasteiger partial charge in [0.15, 0.2) is 0 Å². The third-order valence-corrected chi connectivity index (χ3v) is 5.23. The van der Waals surface area contributed by atoms with Crippen LogP contribution in [0.4, 0.5) is 0 Å². The van der Waals surface area contributed by atoms with Gasteiger partial charge in [0, 0.05) is 38.8 Å². The Morgan fingerprint density at radius 2 is 1.67 bits per heavy atom. The van der Waals surface area contributed by atoms with Crippen molar-refractivity contribution in [1.82, 2.24) is 9.80 Å². The lowest BCUT2D eigenvalue weighted by Gasteiger charge is -2.41. The number of nitrogens with zero attached hydrogens (tertiary/aromatic N) is 2. The molecule has 0 radical (unpaired) electrons. The van der Waals surface area contributed by atoms with Gasteiger partial charge in [-0.3, -0.25) is 9.80 Å². The maximum atomic E-state index is 6.57. The summed E-state index contributed by atoms with van der Waals surface area (Å²) < 4.78 is 0. The summed E-state index contributed by atoms with van der Waals surface area (Å²) in [6.45, 7) is 7.87. The van der Waals surface area contributed by atoms with E-state index in [0.29, 0.717) is 0 Å². The van der Waals surface area contributed by atoms with Crippen LogP contribution in [0.25, 0.3) is 0 Å².